The molecule has 0 aromatic carbocycles. The van der Waals surface area contributed by atoms with E-state index in [2.05, 4.69) is 9.88 Å². The Balaban J connectivity index is 1.80. The molecular weight excluding hydrogens is 268 g/mol. The van der Waals surface area contributed by atoms with Crippen LogP contribution in [0.2, 0.25) is 0 Å². The van der Waals surface area contributed by atoms with Crippen molar-refractivity contribution in [2.75, 3.05) is 19.7 Å². The summed E-state index contributed by atoms with van der Waals surface area (Å²) in [7, 11) is 0. The lowest BCUT2D eigenvalue weighted by atomic mass is 10.1. The van der Waals surface area contributed by atoms with E-state index in [9.17, 15) is 4.79 Å². The molecule has 3 rings (SSSR count). The third kappa shape index (κ3) is 3.12. The van der Waals surface area contributed by atoms with Crippen LogP contribution in [0.1, 0.15) is 12.6 Å². The van der Waals surface area contributed by atoms with E-state index in [1.807, 2.05) is 25.1 Å². The zero-order valence-electron chi connectivity index (χ0n) is 12.1. The topological polar surface area (TPSA) is 72.9 Å². The van der Waals surface area contributed by atoms with Crippen molar-refractivity contribution in [1.82, 2.24) is 14.3 Å². The van der Waals surface area contributed by atoms with Gasteiger partial charge in [0.15, 0.2) is 0 Å². The Labute approximate surface area is 123 Å². The summed E-state index contributed by atoms with van der Waals surface area (Å²) in [5.41, 5.74) is 7.32. The van der Waals surface area contributed by atoms with Crippen LogP contribution in [0.15, 0.2) is 35.3 Å². The second-order valence-electron chi connectivity index (χ2n) is 5.52. The third-order valence-electron chi connectivity index (χ3n) is 3.77. The van der Waals surface area contributed by atoms with Crippen LogP contribution in [-0.2, 0) is 11.3 Å². The van der Waals surface area contributed by atoms with Gasteiger partial charge in [-0.15, -0.1) is 0 Å². The first kappa shape index (κ1) is 14.2. The van der Waals surface area contributed by atoms with E-state index < -0.39 is 0 Å². The highest BCUT2D eigenvalue weighted by Crippen LogP contribution is 2.11. The molecule has 0 aliphatic carbocycles. The lowest BCUT2D eigenvalue weighted by Gasteiger charge is -2.34. The maximum Gasteiger partial charge on any atom is 0.258 e. The Morgan fingerprint density at radius 2 is 2.38 bits per heavy atom. The van der Waals surface area contributed by atoms with Gasteiger partial charge in [-0.25, -0.2) is 4.98 Å². The van der Waals surface area contributed by atoms with E-state index >= 15 is 0 Å². The monoisotopic (exact) mass is 288 g/mol. The molecule has 21 heavy (non-hydrogen) atoms. The fourth-order valence-corrected chi connectivity index (χ4v) is 2.61. The lowest BCUT2D eigenvalue weighted by molar-refractivity contribution is -0.0406. The molecule has 2 aromatic rings. The number of fused-ring (bicyclic) bond motifs is 1. The zero-order valence-corrected chi connectivity index (χ0v) is 12.1. The molecule has 3 heterocycles. The van der Waals surface area contributed by atoms with Crippen LogP contribution in [0.4, 0.5) is 0 Å². The molecule has 0 bridgehead atoms. The standard InChI is InChI=1S/C15H20N4O2/c1-11(16)13-10-18(6-7-21-13)9-12-8-15(20)19-5-3-2-4-14(19)17-12/h2-5,8,11,13H,6-7,9-10,16H2,1H3. The zero-order chi connectivity index (χ0) is 14.8. The number of nitrogens with zero attached hydrogens (tertiary/aromatic N) is 3. The molecule has 1 fully saturated rings. The number of nitrogens with two attached hydrogens (primary N) is 1. The Morgan fingerprint density at radius 1 is 1.52 bits per heavy atom. The Kier molecular flexibility index (Phi) is 4.01. The van der Waals surface area contributed by atoms with Crippen molar-refractivity contribution in [3.05, 3.63) is 46.5 Å². The van der Waals surface area contributed by atoms with Crippen molar-refractivity contribution in [3.8, 4) is 0 Å². The highest BCUT2D eigenvalue weighted by Gasteiger charge is 2.23. The summed E-state index contributed by atoms with van der Waals surface area (Å²) in [5.74, 6) is 0. The molecule has 0 spiro atoms. The van der Waals surface area contributed by atoms with Crippen LogP contribution in [0.3, 0.4) is 0 Å². The van der Waals surface area contributed by atoms with Gasteiger partial charge in [0.05, 0.1) is 18.4 Å². The van der Waals surface area contributed by atoms with Gasteiger partial charge in [0.2, 0.25) is 0 Å². The number of hydrogen-bond donors (Lipinski definition) is 1. The number of aromatic nitrogens is 2. The van der Waals surface area contributed by atoms with Gasteiger partial charge in [-0.3, -0.25) is 14.1 Å². The molecule has 1 saturated heterocycles. The summed E-state index contributed by atoms with van der Waals surface area (Å²) >= 11 is 0. The molecular formula is C15H20N4O2. The molecule has 2 atom stereocenters. The summed E-state index contributed by atoms with van der Waals surface area (Å²) in [6, 6.07) is 7.15. The van der Waals surface area contributed by atoms with E-state index in [1.54, 1.807) is 16.7 Å². The molecule has 1 aliphatic heterocycles. The molecule has 0 saturated carbocycles. The molecule has 0 radical (unpaired) electrons. The molecule has 0 amide bonds. The van der Waals surface area contributed by atoms with Crippen LogP contribution in [-0.4, -0.2) is 46.1 Å². The summed E-state index contributed by atoms with van der Waals surface area (Å²) in [5, 5.41) is 0. The minimum Gasteiger partial charge on any atom is -0.374 e. The molecule has 2 unspecified atom stereocenters. The first-order valence-corrected chi connectivity index (χ1v) is 7.20. The number of morpholine rings is 1. The van der Waals surface area contributed by atoms with Crippen molar-refractivity contribution in [2.45, 2.75) is 25.6 Å². The van der Waals surface area contributed by atoms with Gasteiger partial charge in [-0.2, -0.15) is 0 Å². The minimum atomic E-state index is -0.0485. The predicted octanol–water partition coefficient (Wildman–Crippen LogP) is 0.242. The van der Waals surface area contributed by atoms with Crippen molar-refractivity contribution >= 4 is 5.65 Å². The molecule has 2 aromatic heterocycles. The lowest BCUT2D eigenvalue weighted by Crippen LogP contribution is -2.49. The highest BCUT2D eigenvalue weighted by atomic mass is 16.5. The van der Waals surface area contributed by atoms with E-state index in [0.717, 1.165) is 18.8 Å². The van der Waals surface area contributed by atoms with Crippen molar-refractivity contribution < 1.29 is 4.74 Å². The van der Waals surface area contributed by atoms with E-state index in [-0.39, 0.29) is 17.7 Å². The maximum atomic E-state index is 12.1. The fraction of sp³-hybridized carbons (Fsp3) is 0.467. The molecule has 2 N–H and O–H groups in total. The second kappa shape index (κ2) is 5.93. The Bertz CT molecular complexity index is 683. The van der Waals surface area contributed by atoms with E-state index in [0.29, 0.717) is 18.8 Å². The quantitative estimate of drug-likeness (QED) is 0.876. The van der Waals surface area contributed by atoms with E-state index in [4.69, 9.17) is 10.5 Å². The van der Waals surface area contributed by atoms with Crippen LogP contribution >= 0.6 is 0 Å². The van der Waals surface area contributed by atoms with Crippen molar-refractivity contribution in [3.63, 3.8) is 0 Å². The van der Waals surface area contributed by atoms with E-state index in [1.165, 1.54) is 0 Å². The predicted molar refractivity (Wildman–Crippen MR) is 80.1 cm³/mol. The normalized spacial score (nSPS) is 21.5. The number of rotatable bonds is 3. The smallest absolute Gasteiger partial charge is 0.258 e. The summed E-state index contributed by atoms with van der Waals surface area (Å²) in [6.45, 7) is 4.87. The van der Waals surface area contributed by atoms with Crippen LogP contribution in [0.25, 0.3) is 5.65 Å². The summed E-state index contributed by atoms with van der Waals surface area (Å²) in [6.07, 6.45) is 1.77. The van der Waals surface area contributed by atoms with Gasteiger partial charge in [0.25, 0.3) is 5.56 Å². The highest BCUT2D eigenvalue weighted by molar-refractivity contribution is 5.37. The van der Waals surface area contributed by atoms with Gasteiger partial charge >= 0.3 is 0 Å². The Hall–Kier alpha value is -1.76. The first-order chi connectivity index (χ1) is 10.1. The second-order valence-corrected chi connectivity index (χ2v) is 5.52. The van der Waals surface area contributed by atoms with Crippen LogP contribution < -0.4 is 11.3 Å². The summed E-state index contributed by atoms with van der Waals surface area (Å²) in [4.78, 5) is 18.9. The van der Waals surface area contributed by atoms with Crippen LogP contribution in [0.5, 0.6) is 0 Å². The minimum absolute atomic E-state index is 0.00277. The average molecular weight is 288 g/mol. The van der Waals surface area contributed by atoms with Gasteiger partial charge in [0.1, 0.15) is 5.65 Å². The number of hydrogen-bond acceptors (Lipinski definition) is 5. The Morgan fingerprint density at radius 3 is 3.19 bits per heavy atom. The summed E-state index contributed by atoms with van der Waals surface area (Å²) < 4.78 is 7.20. The largest absolute Gasteiger partial charge is 0.374 e. The SMILES string of the molecule is CC(N)C1CN(Cc2cc(=O)n3ccccc3n2)CCO1. The maximum absolute atomic E-state index is 12.1. The molecule has 1 aliphatic rings. The first-order valence-electron chi connectivity index (χ1n) is 7.20. The van der Waals surface area contributed by atoms with Gasteiger partial charge < -0.3 is 10.5 Å². The third-order valence-corrected chi connectivity index (χ3v) is 3.77. The number of ether oxygens (including phenoxy) is 1. The molecule has 6 heteroatoms. The van der Waals surface area contributed by atoms with Crippen molar-refractivity contribution in [2.24, 2.45) is 5.73 Å². The average Bonchev–Trinajstić information content (AvgIpc) is 2.47. The van der Waals surface area contributed by atoms with Crippen molar-refractivity contribution in [1.29, 1.82) is 0 Å². The van der Waals surface area contributed by atoms with Gasteiger partial charge in [-0.1, -0.05) is 6.07 Å². The van der Waals surface area contributed by atoms with Crippen LogP contribution in [0, 0.1) is 0 Å². The molecule has 112 valence electrons. The van der Waals surface area contributed by atoms with Gasteiger partial charge in [0, 0.05) is 37.9 Å². The molecule has 6 nitrogen and oxygen atoms in total. The number of pyridine rings is 1. The fourth-order valence-electron chi connectivity index (χ4n) is 2.61. The van der Waals surface area contributed by atoms with Gasteiger partial charge in [-0.05, 0) is 19.1 Å².